The summed E-state index contributed by atoms with van der Waals surface area (Å²) in [4.78, 5) is 24.2. The van der Waals surface area contributed by atoms with Crippen LogP contribution in [0, 0.1) is 11.8 Å². The summed E-state index contributed by atoms with van der Waals surface area (Å²) in [5, 5.41) is 6.24. The van der Waals surface area contributed by atoms with E-state index in [2.05, 4.69) is 23.8 Å². The number of rotatable bonds is 22. The largest absolute Gasteiger partial charge is 0.356 e. The summed E-state index contributed by atoms with van der Waals surface area (Å²) >= 11 is 0. The molecular formula is C28H50N2O2. The van der Waals surface area contributed by atoms with Crippen LogP contribution in [-0.2, 0) is 9.59 Å². The van der Waals surface area contributed by atoms with Crippen molar-refractivity contribution in [2.45, 2.75) is 116 Å². The molecule has 2 unspecified atom stereocenters. The van der Waals surface area contributed by atoms with Crippen molar-refractivity contribution in [3.05, 3.63) is 25.3 Å². The molecule has 0 radical (unpaired) electrons. The van der Waals surface area contributed by atoms with Gasteiger partial charge in [-0.25, -0.2) is 0 Å². The molecule has 32 heavy (non-hydrogen) atoms. The van der Waals surface area contributed by atoms with Crippen molar-refractivity contribution in [3.63, 3.8) is 0 Å². The summed E-state index contributed by atoms with van der Waals surface area (Å²) in [6.07, 6.45) is 24.1. The van der Waals surface area contributed by atoms with Crippen LogP contribution in [0.15, 0.2) is 25.3 Å². The third-order valence-corrected chi connectivity index (χ3v) is 6.82. The molecule has 2 N–H and O–H groups in total. The third kappa shape index (κ3) is 15.3. The summed E-state index contributed by atoms with van der Waals surface area (Å²) in [6, 6.07) is 0. The van der Waals surface area contributed by atoms with Crippen molar-refractivity contribution in [2.75, 3.05) is 13.1 Å². The number of nitrogens with one attached hydrogen (secondary N) is 2. The van der Waals surface area contributed by atoms with E-state index < -0.39 is 0 Å². The number of amides is 2. The molecule has 4 heteroatoms. The fraction of sp³-hybridized carbons (Fsp3) is 0.786. The third-order valence-electron chi connectivity index (χ3n) is 6.82. The molecule has 2 atom stereocenters. The Morgan fingerprint density at radius 1 is 0.594 bits per heavy atom. The lowest BCUT2D eigenvalue weighted by Gasteiger charge is -2.37. The van der Waals surface area contributed by atoms with Crippen LogP contribution in [0.5, 0.6) is 0 Å². The van der Waals surface area contributed by atoms with E-state index in [-0.39, 0.29) is 11.8 Å². The maximum absolute atomic E-state index is 12.1. The van der Waals surface area contributed by atoms with Crippen LogP contribution >= 0.6 is 0 Å². The van der Waals surface area contributed by atoms with E-state index in [9.17, 15) is 9.59 Å². The summed E-state index contributed by atoms with van der Waals surface area (Å²) in [5.74, 6) is 1.44. The minimum atomic E-state index is 0.191. The number of hydrogen-bond donors (Lipinski definition) is 2. The highest BCUT2D eigenvalue weighted by molar-refractivity contribution is 5.76. The first-order valence-corrected chi connectivity index (χ1v) is 13.4. The number of hydrogen-bond acceptors (Lipinski definition) is 2. The Morgan fingerprint density at radius 2 is 0.938 bits per heavy atom. The highest BCUT2D eigenvalue weighted by Gasteiger charge is 2.30. The van der Waals surface area contributed by atoms with E-state index in [1.807, 2.05) is 12.2 Å². The summed E-state index contributed by atoms with van der Waals surface area (Å²) in [7, 11) is 0. The van der Waals surface area contributed by atoms with Gasteiger partial charge >= 0.3 is 0 Å². The van der Waals surface area contributed by atoms with Gasteiger partial charge in [-0.1, -0.05) is 63.5 Å². The van der Waals surface area contributed by atoms with Gasteiger partial charge in [0.15, 0.2) is 0 Å². The average molecular weight is 447 g/mol. The molecule has 0 aliphatic heterocycles. The number of allylic oxidation sites excluding steroid dienone is 2. The summed E-state index contributed by atoms with van der Waals surface area (Å²) in [6.45, 7) is 9.04. The second-order valence-corrected chi connectivity index (χ2v) is 9.60. The van der Waals surface area contributed by atoms with Crippen LogP contribution < -0.4 is 10.6 Å². The maximum atomic E-state index is 12.1. The molecule has 0 aromatic rings. The Bertz CT molecular complexity index is 472. The van der Waals surface area contributed by atoms with Gasteiger partial charge in [0.05, 0.1) is 0 Å². The SMILES string of the molecule is C=CCCCCCCCCC(=O)NCC1CCC1CNC(=O)CCCCCCCCC=C. The molecule has 1 rings (SSSR count). The monoisotopic (exact) mass is 446 g/mol. The van der Waals surface area contributed by atoms with E-state index in [0.29, 0.717) is 24.7 Å². The zero-order valence-corrected chi connectivity index (χ0v) is 20.7. The van der Waals surface area contributed by atoms with Crippen molar-refractivity contribution in [2.24, 2.45) is 11.8 Å². The smallest absolute Gasteiger partial charge is 0.220 e. The van der Waals surface area contributed by atoms with Gasteiger partial charge in [0.1, 0.15) is 0 Å². The van der Waals surface area contributed by atoms with Gasteiger partial charge in [-0.2, -0.15) is 0 Å². The second kappa shape index (κ2) is 20.1. The van der Waals surface area contributed by atoms with Crippen LogP contribution in [0.1, 0.15) is 116 Å². The van der Waals surface area contributed by atoms with E-state index in [1.54, 1.807) is 0 Å². The average Bonchev–Trinajstić information content (AvgIpc) is 2.77. The Hall–Kier alpha value is -1.58. The molecule has 1 saturated carbocycles. The lowest BCUT2D eigenvalue weighted by Crippen LogP contribution is -2.43. The standard InChI is InChI=1S/C28H50N2O2/c1-3-5-7-9-11-13-15-17-19-27(31)29-23-25-21-22-26(25)24-30-28(32)20-18-16-14-12-10-8-6-4-2/h3-4,25-26H,1-2,5-24H2,(H,29,31)(H,30,32). The molecule has 0 saturated heterocycles. The zero-order chi connectivity index (χ0) is 23.3. The molecule has 1 aliphatic rings. The van der Waals surface area contributed by atoms with Crippen molar-refractivity contribution in [3.8, 4) is 0 Å². The molecule has 0 heterocycles. The van der Waals surface area contributed by atoms with Crippen molar-refractivity contribution in [1.29, 1.82) is 0 Å². The highest BCUT2D eigenvalue weighted by Crippen LogP contribution is 2.33. The topological polar surface area (TPSA) is 58.2 Å². The number of carbonyl (C=O) groups is 2. The molecule has 0 bridgehead atoms. The van der Waals surface area contributed by atoms with Crippen LogP contribution in [0.25, 0.3) is 0 Å². The van der Waals surface area contributed by atoms with Crippen LogP contribution in [0.4, 0.5) is 0 Å². The van der Waals surface area contributed by atoms with Gasteiger partial charge in [0.25, 0.3) is 0 Å². The van der Waals surface area contributed by atoms with Crippen LogP contribution in [0.2, 0.25) is 0 Å². The quantitative estimate of drug-likeness (QED) is 0.141. The molecule has 2 amide bonds. The van der Waals surface area contributed by atoms with Crippen LogP contribution in [0.3, 0.4) is 0 Å². The second-order valence-electron chi connectivity index (χ2n) is 9.60. The highest BCUT2D eigenvalue weighted by atomic mass is 16.2. The Balaban J connectivity index is 1.94. The van der Waals surface area contributed by atoms with Gasteiger partial charge in [0.2, 0.25) is 11.8 Å². The molecule has 0 aromatic carbocycles. The predicted molar refractivity (Wildman–Crippen MR) is 136 cm³/mol. The van der Waals surface area contributed by atoms with E-state index in [1.165, 1.54) is 51.4 Å². The normalized spacial score (nSPS) is 17.4. The molecule has 0 spiro atoms. The fourth-order valence-electron chi connectivity index (χ4n) is 4.40. The number of carbonyl (C=O) groups excluding carboxylic acids is 2. The molecule has 1 fully saturated rings. The van der Waals surface area contributed by atoms with E-state index in [0.717, 1.165) is 64.5 Å². The van der Waals surface area contributed by atoms with Crippen molar-refractivity contribution in [1.82, 2.24) is 10.6 Å². The maximum Gasteiger partial charge on any atom is 0.220 e. The van der Waals surface area contributed by atoms with Crippen molar-refractivity contribution >= 4 is 11.8 Å². The van der Waals surface area contributed by atoms with Gasteiger partial charge in [-0.15, -0.1) is 13.2 Å². The molecule has 0 aromatic heterocycles. The predicted octanol–water partition coefficient (Wildman–Crippen LogP) is 6.86. The summed E-state index contributed by atoms with van der Waals surface area (Å²) < 4.78 is 0. The van der Waals surface area contributed by atoms with Gasteiger partial charge in [0, 0.05) is 25.9 Å². The molecule has 184 valence electrons. The Kier molecular flexibility index (Phi) is 17.8. The summed E-state index contributed by atoms with van der Waals surface area (Å²) in [5.41, 5.74) is 0. The molecule has 4 nitrogen and oxygen atoms in total. The minimum Gasteiger partial charge on any atom is -0.356 e. The Morgan fingerprint density at radius 3 is 1.28 bits per heavy atom. The van der Waals surface area contributed by atoms with Crippen LogP contribution in [-0.4, -0.2) is 24.9 Å². The number of unbranched alkanes of at least 4 members (excludes halogenated alkanes) is 12. The van der Waals surface area contributed by atoms with Gasteiger partial charge in [-0.3, -0.25) is 9.59 Å². The van der Waals surface area contributed by atoms with E-state index in [4.69, 9.17) is 0 Å². The zero-order valence-electron chi connectivity index (χ0n) is 20.7. The first kappa shape index (κ1) is 28.5. The molecular weight excluding hydrogens is 396 g/mol. The fourth-order valence-corrected chi connectivity index (χ4v) is 4.40. The lowest BCUT2D eigenvalue weighted by molar-refractivity contribution is -0.123. The van der Waals surface area contributed by atoms with Gasteiger partial charge in [-0.05, 0) is 63.2 Å². The Labute approximate surface area is 198 Å². The lowest BCUT2D eigenvalue weighted by atomic mass is 9.73. The van der Waals surface area contributed by atoms with Gasteiger partial charge < -0.3 is 10.6 Å². The molecule has 1 aliphatic carbocycles. The van der Waals surface area contributed by atoms with E-state index >= 15 is 0 Å². The first-order chi connectivity index (χ1) is 15.7. The minimum absolute atomic E-state index is 0.191. The first-order valence-electron chi connectivity index (χ1n) is 13.4. The van der Waals surface area contributed by atoms with Crippen molar-refractivity contribution < 1.29 is 9.59 Å².